The van der Waals surface area contributed by atoms with E-state index in [9.17, 15) is 0 Å². The molecule has 3 nitrogen and oxygen atoms in total. The molecule has 0 aliphatic rings. The lowest BCUT2D eigenvalue weighted by atomic mass is 10.2. The van der Waals surface area contributed by atoms with Gasteiger partial charge in [0.25, 0.3) is 0 Å². The smallest absolute Gasteiger partial charge is 0.119 e. The fourth-order valence-electron chi connectivity index (χ4n) is 1.61. The van der Waals surface area contributed by atoms with Crippen molar-refractivity contribution in [1.82, 2.24) is 4.98 Å². The van der Waals surface area contributed by atoms with Gasteiger partial charge in [0.2, 0.25) is 0 Å². The van der Waals surface area contributed by atoms with Gasteiger partial charge in [-0.25, -0.2) is 4.98 Å². The van der Waals surface area contributed by atoms with E-state index in [1.807, 2.05) is 12.1 Å². The van der Waals surface area contributed by atoms with E-state index in [1.165, 1.54) is 16.9 Å². The normalized spacial score (nSPS) is 10.6. The van der Waals surface area contributed by atoms with Crippen LogP contribution in [0.15, 0.2) is 30.5 Å². The molecule has 1 N–H and O–H groups in total. The van der Waals surface area contributed by atoms with E-state index in [2.05, 4.69) is 24.0 Å². The third-order valence-electron chi connectivity index (χ3n) is 2.67. The molecule has 0 unspecified atom stereocenters. The predicted octanol–water partition coefficient (Wildman–Crippen LogP) is 2.82. The van der Waals surface area contributed by atoms with Crippen LogP contribution in [-0.4, -0.2) is 16.7 Å². The Bertz CT molecular complexity index is 479. The number of nitrogens with zero attached hydrogens (tertiary/aromatic N) is 1. The molecule has 18 heavy (non-hydrogen) atoms. The van der Waals surface area contributed by atoms with Crippen molar-refractivity contribution in [2.45, 2.75) is 26.4 Å². The zero-order valence-corrected chi connectivity index (χ0v) is 11.2. The van der Waals surface area contributed by atoms with Crippen molar-refractivity contribution in [3.63, 3.8) is 0 Å². The van der Waals surface area contributed by atoms with Crippen LogP contribution >= 0.6 is 11.3 Å². The summed E-state index contributed by atoms with van der Waals surface area (Å²) in [4.78, 5) is 5.12. The third-order valence-corrected chi connectivity index (χ3v) is 3.72. The van der Waals surface area contributed by atoms with E-state index in [0.29, 0.717) is 6.61 Å². The van der Waals surface area contributed by atoms with Gasteiger partial charge in [0.1, 0.15) is 5.75 Å². The van der Waals surface area contributed by atoms with E-state index in [0.717, 1.165) is 28.5 Å². The van der Waals surface area contributed by atoms with Crippen molar-refractivity contribution >= 4 is 11.3 Å². The largest absolute Gasteiger partial charge is 0.493 e. The van der Waals surface area contributed by atoms with Crippen molar-refractivity contribution in [2.75, 3.05) is 6.61 Å². The Morgan fingerprint density at radius 3 is 2.67 bits per heavy atom. The maximum absolute atomic E-state index is 8.94. The molecule has 1 aromatic heterocycles. The first-order valence-corrected chi connectivity index (χ1v) is 6.89. The molecule has 0 radical (unpaired) electrons. The molecular weight excluding hydrogens is 246 g/mol. The second-order valence-electron chi connectivity index (χ2n) is 3.97. The first-order valence-electron chi connectivity index (χ1n) is 6.08. The summed E-state index contributed by atoms with van der Waals surface area (Å²) < 4.78 is 5.66. The number of hydrogen-bond acceptors (Lipinski definition) is 4. The highest BCUT2D eigenvalue weighted by atomic mass is 32.1. The van der Waals surface area contributed by atoms with Crippen molar-refractivity contribution in [1.29, 1.82) is 0 Å². The molecule has 4 heteroatoms. The van der Waals surface area contributed by atoms with Crippen LogP contribution in [0.5, 0.6) is 5.75 Å². The molecule has 0 aliphatic heterocycles. The van der Waals surface area contributed by atoms with Crippen molar-refractivity contribution in [3.8, 4) is 5.75 Å². The van der Waals surface area contributed by atoms with Gasteiger partial charge in [-0.1, -0.05) is 19.1 Å². The van der Waals surface area contributed by atoms with E-state index in [1.54, 1.807) is 6.20 Å². The molecule has 0 saturated carbocycles. The lowest BCUT2D eigenvalue weighted by molar-refractivity contribution is 0.285. The number of aliphatic hydroxyl groups is 1. The highest BCUT2D eigenvalue weighted by Gasteiger charge is 2.01. The second kappa shape index (κ2) is 6.52. The molecule has 0 saturated heterocycles. The average molecular weight is 263 g/mol. The number of hydrogen-bond donors (Lipinski definition) is 1. The van der Waals surface area contributed by atoms with Crippen LogP contribution in [0.2, 0.25) is 0 Å². The predicted molar refractivity (Wildman–Crippen MR) is 73.1 cm³/mol. The molecule has 96 valence electrons. The maximum Gasteiger partial charge on any atom is 0.119 e. The molecule has 0 fully saturated rings. The Kier molecular flexibility index (Phi) is 4.73. The fraction of sp³-hybridized carbons (Fsp3) is 0.357. The summed E-state index contributed by atoms with van der Waals surface area (Å²) in [7, 11) is 0. The van der Waals surface area contributed by atoms with Crippen LogP contribution in [0.1, 0.15) is 22.4 Å². The number of rotatable bonds is 6. The van der Waals surface area contributed by atoms with Gasteiger partial charge in [-0.05, 0) is 24.1 Å². The lowest BCUT2D eigenvalue weighted by Crippen LogP contribution is -2.00. The number of aromatic nitrogens is 1. The molecule has 1 aromatic carbocycles. The van der Waals surface area contributed by atoms with Gasteiger partial charge in [-0.15, -0.1) is 11.3 Å². The molecule has 0 bridgehead atoms. The van der Waals surface area contributed by atoms with E-state index >= 15 is 0 Å². The summed E-state index contributed by atoms with van der Waals surface area (Å²) in [6, 6.07) is 8.17. The lowest BCUT2D eigenvalue weighted by Gasteiger charge is -2.05. The first-order chi connectivity index (χ1) is 8.81. The molecule has 0 amide bonds. The zero-order chi connectivity index (χ0) is 12.8. The summed E-state index contributed by atoms with van der Waals surface area (Å²) in [6.45, 7) is 2.82. The molecule has 0 aliphatic carbocycles. The highest BCUT2D eigenvalue weighted by molar-refractivity contribution is 7.11. The molecule has 0 spiro atoms. The Labute approximate surface area is 111 Å². The van der Waals surface area contributed by atoms with Crippen LogP contribution in [0.3, 0.4) is 0 Å². The Morgan fingerprint density at radius 1 is 1.28 bits per heavy atom. The number of thiazole rings is 1. The van der Waals surface area contributed by atoms with Gasteiger partial charge in [0.15, 0.2) is 0 Å². The van der Waals surface area contributed by atoms with Crippen molar-refractivity contribution in [2.24, 2.45) is 0 Å². The summed E-state index contributed by atoms with van der Waals surface area (Å²) in [5.41, 5.74) is 1.31. The Hall–Kier alpha value is -1.39. The van der Waals surface area contributed by atoms with Crippen molar-refractivity contribution in [3.05, 3.63) is 45.9 Å². The second-order valence-corrected chi connectivity index (χ2v) is 5.17. The molecule has 1 heterocycles. The third kappa shape index (κ3) is 3.55. The Morgan fingerprint density at radius 2 is 2.06 bits per heavy atom. The van der Waals surface area contributed by atoms with E-state index in [-0.39, 0.29) is 6.61 Å². The van der Waals surface area contributed by atoms with Crippen LogP contribution in [0, 0.1) is 0 Å². The van der Waals surface area contributed by atoms with E-state index in [4.69, 9.17) is 9.84 Å². The summed E-state index contributed by atoms with van der Waals surface area (Å²) in [5.74, 6) is 0.895. The number of aryl methyl sites for hydroxylation is 1. The summed E-state index contributed by atoms with van der Waals surface area (Å²) >= 11 is 1.53. The van der Waals surface area contributed by atoms with Crippen LogP contribution < -0.4 is 4.74 Å². The molecule has 2 rings (SSSR count). The van der Waals surface area contributed by atoms with E-state index < -0.39 is 0 Å². The van der Waals surface area contributed by atoms with Crippen LogP contribution in [0.25, 0.3) is 0 Å². The summed E-state index contributed by atoms with van der Waals surface area (Å²) in [6.07, 6.45) is 3.54. The maximum atomic E-state index is 8.94. The quantitative estimate of drug-likeness (QED) is 0.871. The van der Waals surface area contributed by atoms with Crippen molar-refractivity contribution < 1.29 is 9.84 Å². The first kappa shape index (κ1) is 13.1. The summed E-state index contributed by atoms with van der Waals surface area (Å²) in [5, 5.41) is 9.95. The minimum Gasteiger partial charge on any atom is -0.493 e. The van der Waals surface area contributed by atoms with Gasteiger partial charge in [-0.2, -0.15) is 0 Å². The van der Waals surface area contributed by atoms with Gasteiger partial charge in [0.05, 0.1) is 23.1 Å². The average Bonchev–Trinajstić information content (AvgIpc) is 2.87. The highest BCUT2D eigenvalue weighted by Crippen LogP contribution is 2.15. The van der Waals surface area contributed by atoms with Gasteiger partial charge < -0.3 is 9.84 Å². The van der Waals surface area contributed by atoms with Gasteiger partial charge in [-0.3, -0.25) is 0 Å². The monoisotopic (exact) mass is 263 g/mol. The molecule has 0 atom stereocenters. The molecular formula is C14H17NO2S. The number of benzene rings is 1. The number of aliphatic hydroxyl groups excluding tert-OH is 1. The Balaban J connectivity index is 1.80. The van der Waals surface area contributed by atoms with Gasteiger partial charge >= 0.3 is 0 Å². The molecule has 2 aromatic rings. The fourth-order valence-corrected chi connectivity index (χ4v) is 2.38. The minimum atomic E-state index is 0.0665. The van der Waals surface area contributed by atoms with Crippen LogP contribution in [-0.2, 0) is 19.4 Å². The minimum absolute atomic E-state index is 0.0665. The van der Waals surface area contributed by atoms with Crippen LogP contribution in [0.4, 0.5) is 0 Å². The van der Waals surface area contributed by atoms with Gasteiger partial charge in [0, 0.05) is 12.6 Å². The topological polar surface area (TPSA) is 42.4 Å². The number of ether oxygens (including phenoxy) is 1. The standard InChI is InChI=1S/C14H17NO2S/c1-2-11-3-5-12(6-4-11)17-8-7-14-15-9-13(10-16)18-14/h3-6,9,16H,2,7-8,10H2,1H3. The SMILES string of the molecule is CCc1ccc(OCCc2ncc(CO)s2)cc1. The zero-order valence-electron chi connectivity index (χ0n) is 10.4.